The van der Waals surface area contributed by atoms with E-state index in [0.717, 1.165) is 24.1 Å². The van der Waals surface area contributed by atoms with Crippen molar-refractivity contribution in [2.45, 2.75) is 26.7 Å². The van der Waals surface area contributed by atoms with Crippen LogP contribution in [0.15, 0.2) is 24.5 Å². The van der Waals surface area contributed by atoms with Gasteiger partial charge in [0.05, 0.1) is 25.3 Å². The lowest BCUT2D eigenvalue weighted by atomic mass is 9.97. The molecular weight excluding hydrogens is 358 g/mol. The predicted octanol–water partition coefficient (Wildman–Crippen LogP) is 2.90. The Hall–Kier alpha value is -3.03. The Morgan fingerprint density at radius 3 is 2.75 bits per heavy atom. The van der Waals surface area contributed by atoms with Gasteiger partial charge in [0.1, 0.15) is 17.8 Å². The van der Waals surface area contributed by atoms with Crippen molar-refractivity contribution in [2.24, 2.45) is 5.92 Å². The van der Waals surface area contributed by atoms with Gasteiger partial charge < -0.3 is 25.4 Å². The summed E-state index contributed by atoms with van der Waals surface area (Å²) in [6.45, 7) is 5.63. The monoisotopic (exact) mass is 385 g/mol. The zero-order valence-electron chi connectivity index (χ0n) is 16.6. The molecule has 3 N–H and O–H groups in total. The minimum Gasteiger partial charge on any atom is -0.495 e. The molecule has 1 aliphatic heterocycles. The van der Waals surface area contributed by atoms with E-state index in [1.165, 1.54) is 6.33 Å². The topological polar surface area (TPSA) is 103 Å². The maximum absolute atomic E-state index is 11.9. The number of piperidine rings is 1. The molecule has 0 amide bonds. The normalized spacial score (nSPS) is 14.6. The highest BCUT2D eigenvalue weighted by Gasteiger charge is 2.28. The number of aromatic nitrogens is 2. The number of nitrogens with two attached hydrogens (primary N) is 1. The Bertz CT molecular complexity index is 835. The Morgan fingerprint density at radius 2 is 2.07 bits per heavy atom. The first-order chi connectivity index (χ1) is 13.5. The second-order valence-electron chi connectivity index (χ2n) is 6.80. The third kappa shape index (κ3) is 4.27. The van der Waals surface area contributed by atoms with E-state index < -0.39 is 0 Å². The molecule has 0 saturated carbocycles. The number of ether oxygens (including phenoxy) is 2. The van der Waals surface area contributed by atoms with Crippen LogP contribution in [0.25, 0.3) is 0 Å². The van der Waals surface area contributed by atoms with E-state index in [2.05, 4.69) is 20.2 Å². The number of nitrogens with zero attached hydrogens (tertiary/aromatic N) is 3. The van der Waals surface area contributed by atoms with Crippen LogP contribution in [0.3, 0.4) is 0 Å². The summed E-state index contributed by atoms with van der Waals surface area (Å²) in [5.41, 5.74) is 8.73. The fourth-order valence-electron chi connectivity index (χ4n) is 3.37. The van der Waals surface area contributed by atoms with Crippen LogP contribution in [0.2, 0.25) is 0 Å². The van der Waals surface area contributed by atoms with Crippen molar-refractivity contribution in [2.75, 3.05) is 42.8 Å². The number of hydrogen-bond donors (Lipinski definition) is 2. The van der Waals surface area contributed by atoms with Gasteiger partial charge in [-0.15, -0.1) is 0 Å². The number of rotatable bonds is 6. The molecule has 2 aromatic rings. The van der Waals surface area contributed by atoms with E-state index in [-0.39, 0.29) is 11.9 Å². The van der Waals surface area contributed by atoms with Crippen molar-refractivity contribution in [1.29, 1.82) is 0 Å². The van der Waals surface area contributed by atoms with E-state index >= 15 is 0 Å². The van der Waals surface area contributed by atoms with Gasteiger partial charge in [0.2, 0.25) is 0 Å². The lowest BCUT2D eigenvalue weighted by Gasteiger charge is -2.32. The van der Waals surface area contributed by atoms with Gasteiger partial charge >= 0.3 is 5.97 Å². The molecule has 0 bridgehead atoms. The summed E-state index contributed by atoms with van der Waals surface area (Å²) in [7, 11) is 1.62. The second-order valence-corrected chi connectivity index (χ2v) is 6.80. The third-order valence-electron chi connectivity index (χ3n) is 4.89. The molecule has 8 heteroatoms. The van der Waals surface area contributed by atoms with Crippen LogP contribution >= 0.6 is 0 Å². The number of nitrogens with one attached hydrogen (secondary N) is 1. The molecule has 0 unspecified atom stereocenters. The Labute approximate surface area is 165 Å². The molecule has 0 aliphatic carbocycles. The smallest absolute Gasteiger partial charge is 0.309 e. The van der Waals surface area contributed by atoms with Gasteiger partial charge in [-0.2, -0.15) is 0 Å². The second kappa shape index (κ2) is 8.77. The molecule has 8 nitrogen and oxygen atoms in total. The molecule has 0 spiro atoms. The van der Waals surface area contributed by atoms with Gasteiger partial charge in [-0.3, -0.25) is 4.79 Å². The molecule has 0 atom stereocenters. The van der Waals surface area contributed by atoms with Gasteiger partial charge in [-0.25, -0.2) is 9.97 Å². The predicted molar refractivity (Wildman–Crippen MR) is 109 cm³/mol. The van der Waals surface area contributed by atoms with Gasteiger partial charge in [0.15, 0.2) is 11.6 Å². The first-order valence-electron chi connectivity index (χ1n) is 9.47. The average Bonchev–Trinajstić information content (AvgIpc) is 2.70. The average molecular weight is 385 g/mol. The molecular formula is C20H27N5O3. The highest BCUT2D eigenvalue weighted by molar-refractivity contribution is 5.80. The summed E-state index contributed by atoms with van der Waals surface area (Å²) < 4.78 is 10.5. The SMILES string of the molecule is CCOC(=O)C1CCN(c2ncnc(Nc3cc(C)ccc3OC)c2N)CC1. The minimum absolute atomic E-state index is 0.0617. The first-order valence-corrected chi connectivity index (χ1v) is 9.47. The van der Waals surface area contributed by atoms with Crippen LogP contribution < -0.4 is 20.7 Å². The van der Waals surface area contributed by atoms with Gasteiger partial charge in [-0.1, -0.05) is 6.07 Å². The third-order valence-corrected chi connectivity index (χ3v) is 4.89. The number of nitrogen functional groups attached to an aromatic ring is 1. The zero-order chi connectivity index (χ0) is 20.1. The molecule has 0 radical (unpaired) electrons. The fourth-order valence-corrected chi connectivity index (χ4v) is 3.37. The fraction of sp³-hybridized carbons (Fsp3) is 0.450. The van der Waals surface area contributed by atoms with E-state index in [1.54, 1.807) is 7.11 Å². The van der Waals surface area contributed by atoms with Crippen molar-refractivity contribution in [3.8, 4) is 5.75 Å². The van der Waals surface area contributed by atoms with Crippen molar-refractivity contribution in [1.82, 2.24) is 9.97 Å². The van der Waals surface area contributed by atoms with Crippen LogP contribution in [0.5, 0.6) is 5.75 Å². The number of benzene rings is 1. The van der Waals surface area contributed by atoms with Crippen LogP contribution in [-0.4, -0.2) is 42.7 Å². The molecule has 28 heavy (non-hydrogen) atoms. The van der Waals surface area contributed by atoms with Gasteiger partial charge in [0.25, 0.3) is 0 Å². The lowest BCUT2D eigenvalue weighted by molar-refractivity contribution is -0.148. The summed E-state index contributed by atoms with van der Waals surface area (Å²) in [6, 6.07) is 5.85. The van der Waals surface area contributed by atoms with Gasteiger partial charge in [-0.05, 0) is 44.4 Å². The number of methoxy groups -OCH3 is 1. The standard InChI is InChI=1S/C20H27N5O3/c1-4-28-20(26)14-7-9-25(10-8-14)19-17(21)18(22-12-23-19)24-15-11-13(2)5-6-16(15)27-3/h5-6,11-12,14H,4,7-10,21H2,1-3H3,(H,22,23,24). The minimum atomic E-state index is -0.119. The summed E-state index contributed by atoms with van der Waals surface area (Å²) >= 11 is 0. The van der Waals surface area contributed by atoms with E-state index in [9.17, 15) is 4.79 Å². The molecule has 1 saturated heterocycles. The van der Waals surface area contributed by atoms with E-state index in [4.69, 9.17) is 15.2 Å². The highest BCUT2D eigenvalue weighted by Crippen LogP contribution is 2.34. The summed E-state index contributed by atoms with van der Waals surface area (Å²) in [6.07, 6.45) is 2.93. The molecule has 1 aromatic carbocycles. The molecule has 150 valence electrons. The molecule has 1 fully saturated rings. The number of esters is 1. The van der Waals surface area contributed by atoms with Crippen molar-refractivity contribution < 1.29 is 14.3 Å². The number of hydrogen-bond acceptors (Lipinski definition) is 8. The molecule has 1 aliphatic rings. The van der Waals surface area contributed by atoms with Crippen molar-refractivity contribution in [3.63, 3.8) is 0 Å². The number of carbonyl (C=O) groups excluding carboxylic acids is 1. The summed E-state index contributed by atoms with van der Waals surface area (Å²) in [4.78, 5) is 22.7. The van der Waals surface area contributed by atoms with Crippen molar-refractivity contribution >= 4 is 29.0 Å². The quantitative estimate of drug-likeness (QED) is 0.732. The number of aryl methyl sites for hydroxylation is 1. The Morgan fingerprint density at radius 1 is 1.32 bits per heavy atom. The Kier molecular flexibility index (Phi) is 6.18. The highest BCUT2D eigenvalue weighted by atomic mass is 16.5. The zero-order valence-corrected chi connectivity index (χ0v) is 16.6. The summed E-state index contributed by atoms with van der Waals surface area (Å²) in [5.74, 6) is 1.73. The first kappa shape index (κ1) is 19.7. The van der Waals surface area contributed by atoms with Crippen molar-refractivity contribution in [3.05, 3.63) is 30.1 Å². The van der Waals surface area contributed by atoms with Crippen LogP contribution in [0.1, 0.15) is 25.3 Å². The molecule has 3 rings (SSSR count). The van der Waals surface area contributed by atoms with E-state index in [0.29, 0.717) is 42.8 Å². The van der Waals surface area contributed by atoms with E-state index in [1.807, 2.05) is 32.0 Å². The maximum Gasteiger partial charge on any atom is 0.309 e. The lowest BCUT2D eigenvalue weighted by Crippen LogP contribution is -2.37. The number of carbonyl (C=O) groups is 1. The Balaban J connectivity index is 1.76. The summed E-state index contributed by atoms with van der Waals surface area (Å²) in [5, 5.41) is 3.25. The largest absolute Gasteiger partial charge is 0.495 e. The maximum atomic E-state index is 11.9. The molecule has 1 aromatic heterocycles. The number of anilines is 4. The molecule has 2 heterocycles. The van der Waals surface area contributed by atoms with Crippen LogP contribution in [-0.2, 0) is 9.53 Å². The van der Waals surface area contributed by atoms with Gasteiger partial charge in [0, 0.05) is 13.1 Å². The van der Waals surface area contributed by atoms with Crippen LogP contribution in [0.4, 0.5) is 23.0 Å². The van der Waals surface area contributed by atoms with Crippen LogP contribution in [0, 0.1) is 12.8 Å².